The molecule has 1 unspecified atom stereocenters. The zero-order valence-electron chi connectivity index (χ0n) is 23.7. The Morgan fingerprint density at radius 1 is 0.700 bits per heavy atom. The third-order valence-corrected chi connectivity index (χ3v) is 8.33. The van der Waals surface area contributed by atoms with Crippen molar-refractivity contribution in [2.75, 3.05) is 5.75 Å². The molecule has 4 rings (SSSR count). The fourth-order valence-corrected chi connectivity index (χ4v) is 5.36. The number of rotatable bonds is 16. The molecular formula is C35H45NO3S. The van der Waals surface area contributed by atoms with Gasteiger partial charge in [0.2, 0.25) is 5.91 Å². The minimum atomic E-state index is -0.831. The highest BCUT2D eigenvalue weighted by atomic mass is 32.2. The number of amides is 1. The molecule has 1 aliphatic carbocycles. The highest BCUT2D eigenvalue weighted by Gasteiger charge is 2.15. The van der Waals surface area contributed by atoms with E-state index in [1.807, 2.05) is 12.1 Å². The molecule has 0 radical (unpaired) electrons. The summed E-state index contributed by atoms with van der Waals surface area (Å²) in [5, 5.41) is 12.2. The smallest absolute Gasteiger partial charge is 0.303 e. The highest BCUT2D eigenvalue weighted by molar-refractivity contribution is 7.99. The van der Waals surface area contributed by atoms with Gasteiger partial charge in [-0.2, -0.15) is 0 Å². The van der Waals surface area contributed by atoms with E-state index in [-0.39, 0.29) is 18.4 Å². The van der Waals surface area contributed by atoms with E-state index in [1.165, 1.54) is 42.4 Å². The average Bonchev–Trinajstić information content (AvgIpc) is 2.93. The van der Waals surface area contributed by atoms with Crippen LogP contribution in [0.1, 0.15) is 87.3 Å². The predicted molar refractivity (Wildman–Crippen MR) is 167 cm³/mol. The lowest BCUT2D eigenvalue weighted by Gasteiger charge is -2.18. The Bertz CT molecular complexity index is 1090. The van der Waals surface area contributed by atoms with Crippen LogP contribution in [-0.2, 0) is 22.4 Å². The molecule has 5 heteroatoms. The van der Waals surface area contributed by atoms with Gasteiger partial charge in [0.1, 0.15) is 0 Å². The van der Waals surface area contributed by atoms with E-state index in [4.69, 9.17) is 5.11 Å². The number of unbranched alkanes of at least 4 members (excludes halogenated alkanes) is 3. The number of aryl methyl sites for hydroxylation is 1. The SMILES string of the molecule is C1CCC1.O=C(O)CCC(CSc1ccc(Cc2ccccc2)cc1)NC(=O)CCCCCCc1ccccc1. The van der Waals surface area contributed by atoms with Crippen LogP contribution < -0.4 is 5.32 Å². The summed E-state index contributed by atoms with van der Waals surface area (Å²) in [5.74, 6) is -0.149. The normalized spacial score (nSPS) is 12.9. The Morgan fingerprint density at radius 2 is 1.27 bits per heavy atom. The van der Waals surface area contributed by atoms with Crippen LogP contribution in [0.4, 0.5) is 0 Å². The quantitative estimate of drug-likeness (QED) is 0.136. The fourth-order valence-electron chi connectivity index (χ4n) is 4.39. The van der Waals surface area contributed by atoms with Crippen LogP contribution in [-0.4, -0.2) is 28.8 Å². The van der Waals surface area contributed by atoms with Gasteiger partial charge in [-0.1, -0.05) is 111 Å². The van der Waals surface area contributed by atoms with E-state index in [0.717, 1.165) is 43.4 Å². The van der Waals surface area contributed by atoms with Crippen LogP contribution in [0.15, 0.2) is 89.8 Å². The first-order valence-electron chi connectivity index (χ1n) is 14.9. The zero-order valence-corrected chi connectivity index (χ0v) is 24.5. The highest BCUT2D eigenvalue weighted by Crippen LogP contribution is 2.22. The first-order chi connectivity index (χ1) is 19.6. The van der Waals surface area contributed by atoms with E-state index >= 15 is 0 Å². The van der Waals surface area contributed by atoms with Crippen molar-refractivity contribution >= 4 is 23.6 Å². The summed E-state index contributed by atoms with van der Waals surface area (Å²) in [7, 11) is 0. The standard InChI is InChI=1S/C31H37NO3S.C4H8/c33-30(16-10-2-1-5-11-25-12-6-3-7-13-25)32-28(19-22-31(34)35)24-36-29-20-17-27(18-21-29)23-26-14-8-4-9-15-26;1-2-4-3-1/h3-4,6-9,12-15,17-18,20-21,28H,1-2,5,10-11,16,19,22-24H2,(H,32,33)(H,34,35);1-4H2. The molecule has 3 aromatic carbocycles. The topological polar surface area (TPSA) is 66.4 Å². The van der Waals surface area contributed by atoms with Crippen molar-refractivity contribution in [2.45, 2.75) is 94.4 Å². The molecule has 4 nitrogen and oxygen atoms in total. The Kier molecular flexibility index (Phi) is 15.0. The van der Waals surface area contributed by atoms with E-state index < -0.39 is 5.97 Å². The Hall–Kier alpha value is -3.05. The van der Waals surface area contributed by atoms with Crippen molar-refractivity contribution in [3.8, 4) is 0 Å². The molecule has 0 spiro atoms. The van der Waals surface area contributed by atoms with Crippen molar-refractivity contribution < 1.29 is 14.7 Å². The van der Waals surface area contributed by atoms with E-state index in [0.29, 0.717) is 18.6 Å². The van der Waals surface area contributed by atoms with Gasteiger partial charge >= 0.3 is 5.97 Å². The number of benzene rings is 3. The van der Waals surface area contributed by atoms with Crippen molar-refractivity contribution in [3.05, 3.63) is 102 Å². The Balaban J connectivity index is 0.00000101. The number of carbonyl (C=O) groups is 2. The molecule has 1 fully saturated rings. The van der Waals surface area contributed by atoms with Crippen LogP contribution in [0.3, 0.4) is 0 Å². The van der Waals surface area contributed by atoms with Gasteiger partial charge in [-0.15, -0.1) is 11.8 Å². The summed E-state index contributed by atoms with van der Waals surface area (Å²) < 4.78 is 0. The minimum Gasteiger partial charge on any atom is -0.481 e. The lowest BCUT2D eigenvalue weighted by atomic mass is 10.0. The van der Waals surface area contributed by atoms with Crippen molar-refractivity contribution in [2.24, 2.45) is 0 Å². The molecule has 1 atom stereocenters. The first-order valence-corrected chi connectivity index (χ1v) is 15.9. The molecule has 40 heavy (non-hydrogen) atoms. The van der Waals surface area contributed by atoms with Gasteiger partial charge in [0, 0.05) is 29.5 Å². The number of carboxylic acid groups (broad SMARTS) is 1. The van der Waals surface area contributed by atoms with Gasteiger partial charge in [0.25, 0.3) is 0 Å². The van der Waals surface area contributed by atoms with E-state index in [2.05, 4.69) is 78.1 Å². The number of thioether (sulfide) groups is 1. The van der Waals surface area contributed by atoms with Crippen LogP contribution in [0.25, 0.3) is 0 Å². The lowest BCUT2D eigenvalue weighted by Crippen LogP contribution is -2.37. The Morgan fingerprint density at radius 3 is 1.88 bits per heavy atom. The van der Waals surface area contributed by atoms with Gasteiger partial charge in [-0.05, 0) is 60.9 Å². The third-order valence-electron chi connectivity index (χ3n) is 7.16. The predicted octanol–water partition coefficient (Wildman–Crippen LogP) is 8.47. The van der Waals surface area contributed by atoms with Gasteiger partial charge in [0.15, 0.2) is 0 Å². The van der Waals surface area contributed by atoms with Gasteiger partial charge in [-0.3, -0.25) is 9.59 Å². The van der Waals surface area contributed by atoms with Crippen molar-refractivity contribution in [1.29, 1.82) is 0 Å². The van der Waals surface area contributed by atoms with Gasteiger partial charge in [-0.25, -0.2) is 0 Å². The van der Waals surface area contributed by atoms with E-state index in [1.54, 1.807) is 11.8 Å². The zero-order chi connectivity index (χ0) is 28.3. The summed E-state index contributed by atoms with van der Waals surface area (Å²) in [5.41, 5.74) is 3.90. The minimum absolute atomic E-state index is 0.0206. The van der Waals surface area contributed by atoms with E-state index in [9.17, 15) is 9.59 Å². The summed E-state index contributed by atoms with van der Waals surface area (Å²) in [6, 6.07) is 29.2. The average molecular weight is 560 g/mol. The monoisotopic (exact) mass is 559 g/mol. The summed E-state index contributed by atoms with van der Waals surface area (Å²) >= 11 is 1.66. The maximum absolute atomic E-state index is 12.5. The summed E-state index contributed by atoms with van der Waals surface area (Å²) in [6.07, 6.45) is 13.1. The van der Waals surface area contributed by atoms with Crippen molar-refractivity contribution in [1.82, 2.24) is 5.32 Å². The lowest BCUT2D eigenvalue weighted by molar-refractivity contribution is -0.137. The molecule has 1 aliphatic rings. The van der Waals surface area contributed by atoms with Gasteiger partial charge < -0.3 is 10.4 Å². The third kappa shape index (κ3) is 13.8. The summed E-state index contributed by atoms with van der Waals surface area (Å²) in [6.45, 7) is 0. The largest absolute Gasteiger partial charge is 0.481 e. The number of hydrogen-bond acceptors (Lipinski definition) is 3. The molecule has 0 bridgehead atoms. The number of nitrogens with one attached hydrogen (secondary N) is 1. The van der Waals surface area contributed by atoms with Crippen LogP contribution in [0.5, 0.6) is 0 Å². The molecule has 0 heterocycles. The Labute approximate surface area is 245 Å². The number of aliphatic carboxylic acids is 1. The van der Waals surface area contributed by atoms with Crippen molar-refractivity contribution in [3.63, 3.8) is 0 Å². The number of carbonyl (C=O) groups excluding carboxylic acids is 1. The van der Waals surface area contributed by atoms with Crippen LogP contribution in [0, 0.1) is 0 Å². The molecule has 0 aromatic heterocycles. The molecule has 0 aliphatic heterocycles. The molecule has 0 saturated heterocycles. The second-order valence-corrected chi connectivity index (χ2v) is 11.7. The first kappa shape index (κ1) is 31.5. The maximum Gasteiger partial charge on any atom is 0.303 e. The number of hydrogen-bond donors (Lipinski definition) is 2. The summed E-state index contributed by atoms with van der Waals surface area (Å²) in [4.78, 5) is 24.7. The molecule has 1 amide bonds. The molecule has 3 aromatic rings. The van der Waals surface area contributed by atoms with Crippen LogP contribution in [0.2, 0.25) is 0 Å². The molecule has 2 N–H and O–H groups in total. The second kappa shape index (κ2) is 19.1. The van der Waals surface area contributed by atoms with Gasteiger partial charge in [0.05, 0.1) is 0 Å². The molecule has 1 saturated carbocycles. The van der Waals surface area contributed by atoms with Crippen LogP contribution >= 0.6 is 11.8 Å². The fraction of sp³-hybridized carbons (Fsp3) is 0.429. The molecular weight excluding hydrogens is 514 g/mol. The second-order valence-electron chi connectivity index (χ2n) is 10.6. The maximum atomic E-state index is 12.5. The molecule has 214 valence electrons. The number of carboxylic acids is 1.